The fourth-order valence-electron chi connectivity index (χ4n) is 2.50. The van der Waals surface area contributed by atoms with E-state index < -0.39 is 0 Å². The highest BCUT2D eigenvalue weighted by molar-refractivity contribution is 5.06. The molecule has 0 bridgehead atoms. The molecule has 0 saturated heterocycles. The van der Waals surface area contributed by atoms with Crippen LogP contribution in [0, 0.1) is 0 Å². The van der Waals surface area contributed by atoms with Gasteiger partial charge in [0.15, 0.2) is 0 Å². The van der Waals surface area contributed by atoms with E-state index in [2.05, 4.69) is 16.5 Å². The summed E-state index contributed by atoms with van der Waals surface area (Å²) < 4.78 is 7.64. The second kappa shape index (κ2) is 4.97. The fourth-order valence-corrected chi connectivity index (χ4v) is 2.50. The Morgan fingerprint density at radius 1 is 1.62 bits per heavy atom. The van der Waals surface area contributed by atoms with E-state index in [1.165, 1.54) is 0 Å². The minimum absolute atomic E-state index is 0.101. The molecule has 0 amide bonds. The van der Waals surface area contributed by atoms with Gasteiger partial charge in [0.25, 0.3) is 0 Å². The Morgan fingerprint density at radius 2 is 2.44 bits per heavy atom. The quantitative estimate of drug-likeness (QED) is 0.849. The van der Waals surface area contributed by atoms with Crippen LogP contribution in [0.25, 0.3) is 0 Å². The van der Waals surface area contributed by atoms with Crippen molar-refractivity contribution in [2.24, 2.45) is 5.73 Å². The van der Waals surface area contributed by atoms with Crippen LogP contribution >= 0.6 is 0 Å². The lowest BCUT2D eigenvalue weighted by Crippen LogP contribution is -2.17. The van der Waals surface area contributed by atoms with E-state index in [9.17, 15) is 0 Å². The summed E-state index contributed by atoms with van der Waals surface area (Å²) in [4.78, 5) is 4.23. The summed E-state index contributed by atoms with van der Waals surface area (Å²) in [6, 6.07) is 0.615. The van der Waals surface area contributed by atoms with Crippen LogP contribution < -0.4 is 5.73 Å². The summed E-state index contributed by atoms with van der Waals surface area (Å²) in [5.41, 5.74) is 7.24. The molecule has 2 rings (SSSR count). The Kier molecular flexibility index (Phi) is 3.61. The molecule has 1 heterocycles. The monoisotopic (exact) mass is 223 g/mol. The third kappa shape index (κ3) is 2.13. The third-order valence-electron chi connectivity index (χ3n) is 3.60. The average molecular weight is 223 g/mol. The van der Waals surface area contributed by atoms with Gasteiger partial charge in [-0.1, -0.05) is 6.92 Å². The number of methoxy groups -OCH3 is 1. The van der Waals surface area contributed by atoms with Gasteiger partial charge in [0.1, 0.15) is 0 Å². The zero-order chi connectivity index (χ0) is 11.5. The molecule has 1 saturated carbocycles. The Hall–Kier alpha value is -0.870. The van der Waals surface area contributed by atoms with Crippen molar-refractivity contribution in [3.05, 3.63) is 18.2 Å². The number of aromatic nitrogens is 2. The van der Waals surface area contributed by atoms with Gasteiger partial charge < -0.3 is 15.0 Å². The molecule has 0 aliphatic heterocycles. The Morgan fingerprint density at radius 3 is 3.06 bits per heavy atom. The molecule has 2 N–H and O–H groups in total. The Balaban J connectivity index is 2.12. The number of hydrogen-bond acceptors (Lipinski definition) is 3. The zero-order valence-corrected chi connectivity index (χ0v) is 10.1. The second-order valence-corrected chi connectivity index (χ2v) is 4.57. The Bertz CT molecular complexity index is 337. The van der Waals surface area contributed by atoms with Gasteiger partial charge in [-0.05, 0) is 25.7 Å². The molecule has 1 aromatic heterocycles. The molecule has 1 fully saturated rings. The molecular weight excluding hydrogens is 202 g/mol. The van der Waals surface area contributed by atoms with E-state index in [0.717, 1.165) is 31.4 Å². The van der Waals surface area contributed by atoms with Gasteiger partial charge >= 0.3 is 0 Å². The zero-order valence-electron chi connectivity index (χ0n) is 10.1. The van der Waals surface area contributed by atoms with Gasteiger partial charge in [0.05, 0.1) is 18.1 Å². The van der Waals surface area contributed by atoms with Gasteiger partial charge in [0.2, 0.25) is 0 Å². The molecule has 1 aliphatic rings. The predicted octanol–water partition coefficient (Wildman–Crippen LogP) is 2.03. The first kappa shape index (κ1) is 11.6. The maximum absolute atomic E-state index is 6.08. The van der Waals surface area contributed by atoms with E-state index in [0.29, 0.717) is 12.1 Å². The highest BCUT2D eigenvalue weighted by atomic mass is 16.5. The SMILES string of the molecule is CC[C@@H](N)c1cncn1C1CCC(OC)C1. The summed E-state index contributed by atoms with van der Waals surface area (Å²) >= 11 is 0. The average Bonchev–Trinajstić information content (AvgIpc) is 2.95. The van der Waals surface area contributed by atoms with Gasteiger partial charge in [-0.15, -0.1) is 0 Å². The molecule has 4 heteroatoms. The summed E-state index contributed by atoms with van der Waals surface area (Å²) in [6.45, 7) is 2.11. The molecule has 0 radical (unpaired) electrons. The van der Waals surface area contributed by atoms with E-state index >= 15 is 0 Å². The molecule has 3 atom stereocenters. The van der Waals surface area contributed by atoms with Gasteiger partial charge in [0, 0.05) is 25.4 Å². The van der Waals surface area contributed by atoms with Crippen molar-refractivity contribution in [3.8, 4) is 0 Å². The maximum Gasteiger partial charge on any atom is 0.0951 e. The van der Waals surface area contributed by atoms with E-state index in [4.69, 9.17) is 10.5 Å². The van der Waals surface area contributed by atoms with Crippen LogP contribution in [0.1, 0.15) is 50.4 Å². The minimum atomic E-state index is 0.101. The van der Waals surface area contributed by atoms with Crippen LogP contribution in [0.3, 0.4) is 0 Å². The van der Waals surface area contributed by atoms with Crippen LogP contribution in [-0.2, 0) is 4.74 Å². The van der Waals surface area contributed by atoms with Gasteiger partial charge in [-0.3, -0.25) is 0 Å². The molecule has 0 spiro atoms. The highest BCUT2D eigenvalue weighted by Gasteiger charge is 2.27. The van der Waals surface area contributed by atoms with Crippen LogP contribution in [0.4, 0.5) is 0 Å². The van der Waals surface area contributed by atoms with Crippen molar-refractivity contribution in [1.29, 1.82) is 0 Å². The lowest BCUT2D eigenvalue weighted by molar-refractivity contribution is 0.105. The van der Waals surface area contributed by atoms with Crippen molar-refractivity contribution < 1.29 is 4.74 Å². The Labute approximate surface area is 96.8 Å². The summed E-state index contributed by atoms with van der Waals surface area (Å²) in [5.74, 6) is 0. The van der Waals surface area contributed by atoms with Crippen LogP contribution in [0.5, 0.6) is 0 Å². The van der Waals surface area contributed by atoms with Gasteiger partial charge in [-0.2, -0.15) is 0 Å². The predicted molar refractivity (Wildman–Crippen MR) is 63.1 cm³/mol. The number of hydrogen-bond donors (Lipinski definition) is 1. The molecule has 4 nitrogen and oxygen atoms in total. The summed E-state index contributed by atoms with van der Waals surface area (Å²) in [7, 11) is 1.79. The molecule has 0 aromatic carbocycles. The molecule has 1 aliphatic carbocycles. The smallest absolute Gasteiger partial charge is 0.0951 e. The highest BCUT2D eigenvalue weighted by Crippen LogP contribution is 2.33. The van der Waals surface area contributed by atoms with Crippen molar-refractivity contribution in [2.75, 3.05) is 7.11 Å². The third-order valence-corrected chi connectivity index (χ3v) is 3.60. The minimum Gasteiger partial charge on any atom is -0.381 e. The van der Waals surface area contributed by atoms with Crippen molar-refractivity contribution in [1.82, 2.24) is 9.55 Å². The first-order valence-corrected chi connectivity index (χ1v) is 6.06. The van der Waals surface area contributed by atoms with Crippen LogP contribution in [0.15, 0.2) is 12.5 Å². The first-order chi connectivity index (χ1) is 7.76. The number of nitrogens with two attached hydrogens (primary N) is 1. The van der Waals surface area contributed by atoms with Crippen molar-refractivity contribution >= 4 is 0 Å². The first-order valence-electron chi connectivity index (χ1n) is 6.06. The largest absolute Gasteiger partial charge is 0.381 e. The van der Waals surface area contributed by atoms with E-state index in [1.54, 1.807) is 7.11 Å². The number of imidazole rings is 1. The van der Waals surface area contributed by atoms with Crippen LogP contribution in [-0.4, -0.2) is 22.8 Å². The normalized spacial score (nSPS) is 27.2. The topological polar surface area (TPSA) is 53.1 Å². The molecular formula is C12H21N3O. The fraction of sp³-hybridized carbons (Fsp3) is 0.750. The summed E-state index contributed by atoms with van der Waals surface area (Å²) in [5, 5.41) is 0. The van der Waals surface area contributed by atoms with Crippen molar-refractivity contribution in [3.63, 3.8) is 0 Å². The summed E-state index contributed by atoms with van der Waals surface area (Å²) in [6.07, 6.45) is 8.54. The number of ether oxygens (including phenoxy) is 1. The lowest BCUT2D eigenvalue weighted by atomic mass is 10.1. The van der Waals surface area contributed by atoms with E-state index in [-0.39, 0.29) is 6.04 Å². The van der Waals surface area contributed by atoms with Gasteiger partial charge in [-0.25, -0.2) is 4.98 Å². The van der Waals surface area contributed by atoms with E-state index in [1.807, 2.05) is 12.5 Å². The maximum atomic E-state index is 6.08. The molecule has 2 unspecified atom stereocenters. The molecule has 16 heavy (non-hydrogen) atoms. The standard InChI is InChI=1S/C12H21N3O/c1-3-11(13)12-7-14-8-15(12)9-4-5-10(6-9)16-2/h7-11H,3-6,13H2,1-2H3/t9?,10?,11-/m1/s1. The van der Waals surface area contributed by atoms with Crippen LogP contribution in [0.2, 0.25) is 0 Å². The molecule has 1 aromatic rings. The molecule has 90 valence electrons. The number of nitrogens with zero attached hydrogens (tertiary/aromatic N) is 2. The van der Waals surface area contributed by atoms with Crippen molar-refractivity contribution in [2.45, 2.75) is 50.8 Å². The number of rotatable bonds is 4. The second-order valence-electron chi connectivity index (χ2n) is 4.57. The lowest BCUT2D eigenvalue weighted by Gasteiger charge is -2.18.